The smallest absolute Gasteiger partial charge is 0.294 e. The van der Waals surface area contributed by atoms with Crippen molar-refractivity contribution in [1.82, 2.24) is 4.90 Å². The van der Waals surface area contributed by atoms with E-state index in [9.17, 15) is 18.8 Å². The molecular formula is C26H19Br2FN2O4S. The third-order valence-electron chi connectivity index (χ3n) is 5.09. The Hall–Kier alpha value is -2.95. The molecule has 36 heavy (non-hydrogen) atoms. The Morgan fingerprint density at radius 2 is 1.78 bits per heavy atom. The summed E-state index contributed by atoms with van der Waals surface area (Å²) < 4.78 is 20.4. The fourth-order valence-corrected chi connectivity index (χ4v) is 5.71. The number of nitrogens with one attached hydrogen (secondary N) is 1. The van der Waals surface area contributed by atoms with Gasteiger partial charge in [0.1, 0.15) is 24.7 Å². The minimum absolute atomic E-state index is 0.196. The molecule has 0 unspecified atom stereocenters. The van der Waals surface area contributed by atoms with Crippen molar-refractivity contribution in [2.75, 3.05) is 11.9 Å². The predicted molar refractivity (Wildman–Crippen MR) is 145 cm³/mol. The number of carbonyl (C=O) groups is 3. The summed E-state index contributed by atoms with van der Waals surface area (Å²) in [7, 11) is 0. The van der Waals surface area contributed by atoms with Crippen LogP contribution in [-0.2, 0) is 16.2 Å². The lowest BCUT2D eigenvalue weighted by atomic mass is 10.1. The molecule has 184 valence electrons. The highest BCUT2D eigenvalue weighted by atomic mass is 79.9. The summed E-state index contributed by atoms with van der Waals surface area (Å²) in [5.74, 6) is -0.954. The molecule has 0 bridgehead atoms. The van der Waals surface area contributed by atoms with Crippen molar-refractivity contribution in [2.24, 2.45) is 0 Å². The third kappa shape index (κ3) is 6.43. The first-order valence-corrected chi connectivity index (χ1v) is 13.1. The first-order valence-electron chi connectivity index (χ1n) is 10.7. The van der Waals surface area contributed by atoms with Gasteiger partial charge in [0.15, 0.2) is 0 Å². The number of benzene rings is 3. The number of anilines is 1. The van der Waals surface area contributed by atoms with Crippen LogP contribution in [0.1, 0.15) is 16.7 Å². The summed E-state index contributed by atoms with van der Waals surface area (Å²) >= 11 is 7.79. The zero-order valence-electron chi connectivity index (χ0n) is 18.9. The summed E-state index contributed by atoms with van der Waals surface area (Å²) in [6.07, 6.45) is 1.59. The number of carbonyl (C=O) groups excluding carboxylic acids is 3. The molecule has 1 N–H and O–H groups in total. The van der Waals surface area contributed by atoms with Gasteiger partial charge in [-0.15, -0.1) is 0 Å². The van der Waals surface area contributed by atoms with Crippen LogP contribution in [0.15, 0.2) is 74.5 Å². The van der Waals surface area contributed by atoms with Gasteiger partial charge in [0.05, 0.1) is 13.9 Å². The molecule has 1 aliphatic heterocycles. The van der Waals surface area contributed by atoms with Crippen molar-refractivity contribution >= 4 is 72.4 Å². The Morgan fingerprint density at radius 3 is 2.44 bits per heavy atom. The number of ether oxygens (including phenoxy) is 1. The van der Waals surface area contributed by atoms with E-state index in [1.54, 1.807) is 18.2 Å². The molecule has 1 aliphatic rings. The van der Waals surface area contributed by atoms with Gasteiger partial charge in [-0.2, -0.15) is 0 Å². The molecule has 3 aromatic rings. The topological polar surface area (TPSA) is 75.7 Å². The van der Waals surface area contributed by atoms with Crippen molar-refractivity contribution in [2.45, 2.75) is 13.5 Å². The molecule has 0 spiro atoms. The lowest BCUT2D eigenvalue weighted by Gasteiger charge is -2.13. The van der Waals surface area contributed by atoms with Crippen molar-refractivity contribution in [3.63, 3.8) is 0 Å². The van der Waals surface area contributed by atoms with Gasteiger partial charge in [-0.1, -0.05) is 29.8 Å². The van der Waals surface area contributed by atoms with Gasteiger partial charge in [0, 0.05) is 5.69 Å². The normalized spacial score (nSPS) is 14.4. The van der Waals surface area contributed by atoms with Gasteiger partial charge in [-0.05, 0) is 104 Å². The van der Waals surface area contributed by atoms with Gasteiger partial charge < -0.3 is 10.1 Å². The number of hydrogen-bond acceptors (Lipinski definition) is 5. The predicted octanol–water partition coefficient (Wildman–Crippen LogP) is 6.91. The van der Waals surface area contributed by atoms with Crippen LogP contribution < -0.4 is 10.1 Å². The van der Waals surface area contributed by atoms with E-state index in [4.69, 9.17) is 4.74 Å². The molecule has 3 aromatic carbocycles. The number of hydrogen-bond donors (Lipinski definition) is 1. The lowest BCUT2D eigenvalue weighted by Crippen LogP contribution is -2.36. The second-order valence-electron chi connectivity index (χ2n) is 7.91. The average molecular weight is 634 g/mol. The first kappa shape index (κ1) is 26.1. The number of amides is 3. The number of rotatable bonds is 7. The summed E-state index contributed by atoms with van der Waals surface area (Å²) in [6, 6.07) is 16.8. The molecule has 0 aliphatic carbocycles. The number of thioether (sulfide) groups is 1. The largest absolute Gasteiger partial charge is 0.487 e. The molecule has 1 fully saturated rings. The average Bonchev–Trinajstić information content (AvgIpc) is 3.07. The molecule has 6 nitrogen and oxygen atoms in total. The molecule has 4 rings (SSSR count). The third-order valence-corrected chi connectivity index (χ3v) is 7.17. The lowest BCUT2D eigenvalue weighted by molar-refractivity contribution is -0.127. The van der Waals surface area contributed by atoms with E-state index in [1.165, 1.54) is 24.3 Å². The van der Waals surface area contributed by atoms with Crippen LogP contribution in [0.2, 0.25) is 0 Å². The fourth-order valence-electron chi connectivity index (χ4n) is 3.42. The van der Waals surface area contributed by atoms with Gasteiger partial charge in [-0.25, -0.2) is 4.39 Å². The molecule has 1 saturated heterocycles. The van der Waals surface area contributed by atoms with Gasteiger partial charge in [-0.3, -0.25) is 19.3 Å². The molecule has 10 heteroatoms. The van der Waals surface area contributed by atoms with E-state index < -0.39 is 29.4 Å². The summed E-state index contributed by atoms with van der Waals surface area (Å²) in [4.78, 5) is 38.6. The maximum atomic E-state index is 13.0. The molecule has 0 atom stereocenters. The maximum Gasteiger partial charge on any atom is 0.294 e. The second-order valence-corrected chi connectivity index (χ2v) is 10.6. The van der Waals surface area contributed by atoms with E-state index in [0.29, 0.717) is 32.6 Å². The minimum Gasteiger partial charge on any atom is -0.487 e. The monoisotopic (exact) mass is 632 g/mol. The van der Waals surface area contributed by atoms with Crippen LogP contribution in [-0.4, -0.2) is 28.5 Å². The van der Waals surface area contributed by atoms with E-state index in [2.05, 4.69) is 37.2 Å². The molecule has 0 radical (unpaired) electrons. The summed E-state index contributed by atoms with van der Waals surface area (Å²) in [6.45, 7) is 1.96. The van der Waals surface area contributed by atoms with Crippen molar-refractivity contribution in [3.05, 3.63) is 97.0 Å². The van der Waals surface area contributed by atoms with Crippen molar-refractivity contribution in [1.29, 1.82) is 0 Å². The van der Waals surface area contributed by atoms with Gasteiger partial charge in [0.25, 0.3) is 11.1 Å². The number of aryl methyl sites for hydroxylation is 1. The van der Waals surface area contributed by atoms with Crippen molar-refractivity contribution < 1.29 is 23.5 Å². The highest BCUT2D eigenvalue weighted by Gasteiger charge is 2.36. The Morgan fingerprint density at radius 1 is 1.08 bits per heavy atom. The zero-order chi connectivity index (χ0) is 25.8. The van der Waals surface area contributed by atoms with E-state index >= 15 is 0 Å². The quantitative estimate of drug-likeness (QED) is 0.286. The molecule has 0 aromatic heterocycles. The van der Waals surface area contributed by atoms with Crippen LogP contribution in [0.4, 0.5) is 14.9 Å². The Kier molecular flexibility index (Phi) is 8.28. The minimum atomic E-state index is -0.564. The molecular weight excluding hydrogens is 615 g/mol. The van der Waals surface area contributed by atoms with Crippen LogP contribution in [0.3, 0.4) is 0 Å². The Labute approximate surface area is 228 Å². The summed E-state index contributed by atoms with van der Waals surface area (Å²) in [5, 5.41) is 2.00. The first-order chi connectivity index (χ1) is 17.2. The fraction of sp³-hybridized carbons (Fsp3) is 0.115. The maximum absolute atomic E-state index is 13.0. The highest BCUT2D eigenvalue weighted by molar-refractivity contribution is 9.11. The van der Waals surface area contributed by atoms with Gasteiger partial charge in [0.2, 0.25) is 5.91 Å². The molecule has 0 saturated carbocycles. The highest BCUT2D eigenvalue weighted by Crippen LogP contribution is 2.38. The number of nitrogens with zero attached hydrogens (tertiary/aromatic N) is 1. The van der Waals surface area contributed by atoms with E-state index in [1.807, 2.05) is 31.2 Å². The SMILES string of the molecule is Cc1cccc(COc2c(Br)cc(/C=C3\SC(=O)N(CC(=O)Nc4ccc(F)cc4)C3=O)cc2Br)c1. The van der Waals surface area contributed by atoms with Crippen LogP contribution in [0.25, 0.3) is 6.08 Å². The Bertz CT molecular complexity index is 1360. The summed E-state index contributed by atoms with van der Waals surface area (Å²) in [5.41, 5.74) is 3.21. The number of halogens is 3. The zero-order valence-corrected chi connectivity index (χ0v) is 22.9. The molecule has 3 amide bonds. The van der Waals surface area contributed by atoms with Crippen LogP contribution >= 0.6 is 43.6 Å². The Balaban J connectivity index is 1.43. The number of imide groups is 1. The van der Waals surface area contributed by atoms with Crippen molar-refractivity contribution in [3.8, 4) is 5.75 Å². The van der Waals surface area contributed by atoms with E-state index in [-0.39, 0.29) is 4.91 Å². The van der Waals surface area contributed by atoms with E-state index in [0.717, 1.165) is 27.8 Å². The van der Waals surface area contributed by atoms with Gasteiger partial charge >= 0.3 is 0 Å². The van der Waals surface area contributed by atoms with Crippen LogP contribution in [0.5, 0.6) is 5.75 Å². The molecule has 1 heterocycles. The van der Waals surface area contributed by atoms with Crippen LogP contribution in [0, 0.1) is 12.7 Å². The standard InChI is InChI=1S/C26H19Br2FN2O4S/c1-15-3-2-4-16(9-15)14-35-24-20(27)10-17(11-21(24)28)12-22-25(33)31(26(34)36-22)13-23(32)30-19-7-5-18(29)6-8-19/h2-12H,13-14H2,1H3,(H,30,32)/b22-12-. The second kappa shape index (κ2) is 11.4.